The molecule has 0 saturated carbocycles. The van der Waals surface area contributed by atoms with Crippen LogP contribution in [0.25, 0.3) is 0 Å². The van der Waals surface area contributed by atoms with E-state index >= 15 is 0 Å². The van der Waals surface area contributed by atoms with Crippen LogP contribution < -0.4 is 10.6 Å². The summed E-state index contributed by atoms with van der Waals surface area (Å²) in [6.07, 6.45) is 4.04. The molecule has 0 spiro atoms. The van der Waals surface area contributed by atoms with Gasteiger partial charge in [-0.25, -0.2) is 0 Å². The van der Waals surface area contributed by atoms with Crippen molar-refractivity contribution in [3.05, 3.63) is 21.8 Å². The largest absolute Gasteiger partial charge is 0.397 e. The molecule has 0 radical (unpaired) electrons. The molecule has 1 aromatic carbocycles. The maximum absolute atomic E-state index is 9.81. The van der Waals surface area contributed by atoms with Crippen LogP contribution in [0.2, 0.25) is 0 Å². The number of aliphatic hydroxyl groups excluding tert-OH is 1. The molecule has 2 saturated heterocycles. The molecule has 2 atom stereocenters. The lowest BCUT2D eigenvalue weighted by molar-refractivity contribution is 0.126. The van der Waals surface area contributed by atoms with Gasteiger partial charge in [-0.3, -0.25) is 0 Å². The zero-order chi connectivity index (χ0) is 12.0. The van der Waals surface area contributed by atoms with Crippen LogP contribution in [-0.4, -0.2) is 23.3 Å². The van der Waals surface area contributed by atoms with Crippen molar-refractivity contribution in [2.45, 2.75) is 43.9 Å². The van der Waals surface area contributed by atoms with Gasteiger partial charge in [-0.05, 0) is 66.5 Å². The van der Waals surface area contributed by atoms with Gasteiger partial charge in [-0.1, -0.05) is 0 Å². The first-order chi connectivity index (χ1) is 8.15. The van der Waals surface area contributed by atoms with Gasteiger partial charge in [0.05, 0.1) is 17.5 Å². The van der Waals surface area contributed by atoms with Crippen molar-refractivity contribution in [3.63, 3.8) is 0 Å². The zero-order valence-electron chi connectivity index (χ0n) is 9.64. The Hall–Kier alpha value is -0.490. The fourth-order valence-corrected chi connectivity index (χ4v) is 3.82. The summed E-state index contributed by atoms with van der Waals surface area (Å²) in [7, 11) is 0. The summed E-state index contributed by atoms with van der Waals surface area (Å²) in [6, 6.07) is 7.22. The van der Waals surface area contributed by atoms with Crippen LogP contribution in [0.15, 0.2) is 18.2 Å². The van der Waals surface area contributed by atoms with E-state index < -0.39 is 0 Å². The predicted octanol–water partition coefficient (Wildman–Crippen LogP) is 2.37. The summed E-state index contributed by atoms with van der Waals surface area (Å²) in [5.74, 6) is 0. The van der Waals surface area contributed by atoms with Crippen LogP contribution in [0.5, 0.6) is 0 Å². The van der Waals surface area contributed by atoms with E-state index in [0.29, 0.717) is 12.1 Å². The number of rotatable bonds is 1. The Balaban J connectivity index is 1.94. The summed E-state index contributed by atoms with van der Waals surface area (Å²) < 4.78 is 1.17. The number of hydrogen-bond donors (Lipinski definition) is 2. The number of hydrogen-bond acceptors (Lipinski definition) is 3. The van der Waals surface area contributed by atoms with Crippen molar-refractivity contribution >= 4 is 34.0 Å². The Morgan fingerprint density at radius 2 is 1.88 bits per heavy atom. The number of halogens is 1. The third-order valence-corrected chi connectivity index (χ3v) is 4.65. The number of piperidine rings is 1. The number of aliphatic hydroxyl groups is 1. The quantitative estimate of drug-likeness (QED) is 0.608. The molecule has 17 heavy (non-hydrogen) atoms. The molecule has 1 aromatic rings. The molecule has 2 fully saturated rings. The van der Waals surface area contributed by atoms with Crippen LogP contribution in [0.1, 0.15) is 25.7 Å². The lowest BCUT2D eigenvalue weighted by Gasteiger charge is -2.39. The minimum atomic E-state index is -0.117. The fourth-order valence-electron chi connectivity index (χ4n) is 3.30. The topological polar surface area (TPSA) is 49.5 Å². The molecular weight excluding hydrogens is 327 g/mol. The second kappa shape index (κ2) is 4.31. The van der Waals surface area contributed by atoms with Crippen molar-refractivity contribution in [1.29, 1.82) is 0 Å². The van der Waals surface area contributed by atoms with Crippen LogP contribution in [-0.2, 0) is 0 Å². The van der Waals surface area contributed by atoms with Gasteiger partial charge in [0.2, 0.25) is 0 Å². The molecule has 0 aliphatic carbocycles. The molecule has 2 aliphatic rings. The van der Waals surface area contributed by atoms with E-state index in [1.54, 1.807) is 0 Å². The first kappa shape index (κ1) is 11.6. The lowest BCUT2D eigenvalue weighted by Crippen LogP contribution is -2.45. The second-order valence-corrected chi connectivity index (χ2v) is 6.37. The summed E-state index contributed by atoms with van der Waals surface area (Å²) in [5.41, 5.74) is 8.15. The minimum Gasteiger partial charge on any atom is -0.397 e. The second-order valence-electron chi connectivity index (χ2n) is 5.12. The average molecular weight is 344 g/mol. The first-order valence-electron chi connectivity index (χ1n) is 6.16. The van der Waals surface area contributed by atoms with Gasteiger partial charge in [-0.2, -0.15) is 0 Å². The Labute approximate surface area is 115 Å². The maximum atomic E-state index is 9.81. The Kier molecular flexibility index (Phi) is 2.94. The summed E-state index contributed by atoms with van der Waals surface area (Å²) >= 11 is 2.28. The highest BCUT2D eigenvalue weighted by Crippen LogP contribution is 2.41. The van der Waals surface area contributed by atoms with E-state index in [1.807, 2.05) is 6.07 Å². The molecule has 3 N–H and O–H groups in total. The third kappa shape index (κ3) is 2.01. The van der Waals surface area contributed by atoms with E-state index in [-0.39, 0.29) is 6.10 Å². The number of nitrogen functional groups attached to an aromatic ring is 1. The molecular formula is C13H17IN2O. The number of nitrogens with two attached hydrogens (primary N) is 1. The highest BCUT2D eigenvalue weighted by Gasteiger charge is 2.40. The van der Waals surface area contributed by atoms with Gasteiger partial charge in [0.1, 0.15) is 0 Å². The third-order valence-electron chi connectivity index (χ3n) is 3.98. The zero-order valence-corrected chi connectivity index (χ0v) is 11.8. The van der Waals surface area contributed by atoms with Gasteiger partial charge in [0, 0.05) is 15.7 Å². The normalized spacial score (nSPS) is 31.9. The van der Waals surface area contributed by atoms with E-state index in [4.69, 9.17) is 5.73 Å². The van der Waals surface area contributed by atoms with Gasteiger partial charge < -0.3 is 15.7 Å². The van der Waals surface area contributed by atoms with Gasteiger partial charge in [0.25, 0.3) is 0 Å². The highest BCUT2D eigenvalue weighted by molar-refractivity contribution is 14.1. The number of fused-ring (bicyclic) bond motifs is 2. The van der Waals surface area contributed by atoms with Gasteiger partial charge >= 0.3 is 0 Å². The molecule has 3 nitrogen and oxygen atoms in total. The summed E-state index contributed by atoms with van der Waals surface area (Å²) in [5, 5.41) is 9.81. The van der Waals surface area contributed by atoms with E-state index in [1.165, 1.54) is 16.4 Å². The standard InChI is InChI=1S/C13H17IN2O/c14-8-1-4-13(12(15)5-8)16-9-2-3-10(16)7-11(17)6-9/h1,4-5,9-11,17H,2-3,6-7,15H2. The van der Waals surface area contributed by atoms with Crippen LogP contribution in [0, 0.1) is 3.57 Å². The lowest BCUT2D eigenvalue weighted by atomic mass is 9.99. The van der Waals surface area contributed by atoms with Crippen LogP contribution >= 0.6 is 22.6 Å². The minimum absolute atomic E-state index is 0.117. The van der Waals surface area contributed by atoms with E-state index in [2.05, 4.69) is 39.6 Å². The van der Waals surface area contributed by atoms with Crippen molar-refractivity contribution in [2.24, 2.45) is 0 Å². The molecule has 4 heteroatoms. The Bertz CT molecular complexity index is 423. The SMILES string of the molecule is Nc1cc(I)ccc1N1C2CCC1CC(O)C2. The Morgan fingerprint density at radius 3 is 2.47 bits per heavy atom. The van der Waals surface area contributed by atoms with Crippen molar-refractivity contribution in [3.8, 4) is 0 Å². The smallest absolute Gasteiger partial charge is 0.0605 e. The van der Waals surface area contributed by atoms with Crippen LogP contribution in [0.4, 0.5) is 11.4 Å². The maximum Gasteiger partial charge on any atom is 0.0605 e. The molecule has 0 aromatic heterocycles. The van der Waals surface area contributed by atoms with Gasteiger partial charge in [-0.15, -0.1) is 0 Å². The van der Waals surface area contributed by atoms with Crippen molar-refractivity contribution in [2.75, 3.05) is 10.6 Å². The van der Waals surface area contributed by atoms with Gasteiger partial charge in [0.15, 0.2) is 0 Å². The number of anilines is 2. The van der Waals surface area contributed by atoms with E-state index in [0.717, 1.165) is 24.2 Å². The molecule has 2 bridgehead atoms. The summed E-state index contributed by atoms with van der Waals surface area (Å²) in [4.78, 5) is 2.44. The van der Waals surface area contributed by atoms with E-state index in [9.17, 15) is 5.11 Å². The Morgan fingerprint density at radius 1 is 1.24 bits per heavy atom. The predicted molar refractivity (Wildman–Crippen MR) is 78.1 cm³/mol. The fraction of sp³-hybridized carbons (Fsp3) is 0.538. The molecule has 2 unspecified atom stereocenters. The number of nitrogens with zero attached hydrogens (tertiary/aromatic N) is 1. The van der Waals surface area contributed by atoms with Crippen molar-refractivity contribution in [1.82, 2.24) is 0 Å². The highest BCUT2D eigenvalue weighted by atomic mass is 127. The molecule has 0 amide bonds. The monoisotopic (exact) mass is 344 g/mol. The van der Waals surface area contributed by atoms with Crippen molar-refractivity contribution < 1.29 is 5.11 Å². The average Bonchev–Trinajstić information content (AvgIpc) is 2.53. The summed E-state index contributed by atoms with van der Waals surface area (Å²) in [6.45, 7) is 0. The first-order valence-corrected chi connectivity index (χ1v) is 7.24. The molecule has 2 aliphatic heterocycles. The molecule has 2 heterocycles. The molecule has 92 valence electrons. The molecule has 3 rings (SSSR count). The van der Waals surface area contributed by atoms with Crippen LogP contribution in [0.3, 0.4) is 0 Å². The number of benzene rings is 1.